The normalized spacial score (nSPS) is 32.8. The molecule has 1 aliphatic carbocycles. The Labute approximate surface area is 112 Å². The molecule has 0 bridgehead atoms. The van der Waals surface area contributed by atoms with Crippen LogP contribution in [0.3, 0.4) is 0 Å². The molecule has 4 heteroatoms. The molecule has 0 aromatic rings. The van der Waals surface area contributed by atoms with Gasteiger partial charge in [-0.3, -0.25) is 4.79 Å². The van der Waals surface area contributed by atoms with E-state index in [2.05, 4.69) is 29.8 Å². The first-order valence-electron chi connectivity index (χ1n) is 6.51. The molecule has 98 valence electrons. The molecular weight excluding hydrogens is 282 g/mol. The Kier molecular flexibility index (Phi) is 4.14. The maximum atomic E-state index is 12.5. The number of hydrogen-bond donors (Lipinski definition) is 0. The molecule has 3 nitrogen and oxygen atoms in total. The number of nitrogens with zero attached hydrogens (tertiary/aromatic N) is 1. The van der Waals surface area contributed by atoms with E-state index in [0.29, 0.717) is 12.5 Å². The number of alkyl halides is 1. The van der Waals surface area contributed by atoms with Gasteiger partial charge in [-0.1, -0.05) is 36.2 Å². The molecule has 2 unspecified atom stereocenters. The highest BCUT2D eigenvalue weighted by molar-refractivity contribution is 9.09. The Morgan fingerprint density at radius 2 is 2.29 bits per heavy atom. The molecule has 1 heterocycles. The zero-order valence-corrected chi connectivity index (χ0v) is 12.3. The van der Waals surface area contributed by atoms with Crippen LogP contribution in [0.4, 0.5) is 0 Å². The molecule has 2 rings (SSSR count). The van der Waals surface area contributed by atoms with Gasteiger partial charge in [0.25, 0.3) is 0 Å². The molecule has 2 aliphatic rings. The summed E-state index contributed by atoms with van der Waals surface area (Å²) in [6.07, 6.45) is 3.59. The van der Waals surface area contributed by atoms with Crippen molar-refractivity contribution in [1.29, 1.82) is 0 Å². The van der Waals surface area contributed by atoms with Gasteiger partial charge in [-0.2, -0.15) is 0 Å². The highest BCUT2D eigenvalue weighted by Gasteiger charge is 2.41. The lowest BCUT2D eigenvalue weighted by molar-refractivity contribution is -0.145. The van der Waals surface area contributed by atoms with Gasteiger partial charge in [0.1, 0.15) is 0 Å². The fourth-order valence-electron chi connectivity index (χ4n) is 3.02. The topological polar surface area (TPSA) is 29.5 Å². The fraction of sp³-hybridized carbons (Fsp3) is 0.923. The van der Waals surface area contributed by atoms with E-state index in [4.69, 9.17) is 4.74 Å². The van der Waals surface area contributed by atoms with Gasteiger partial charge in [-0.15, -0.1) is 0 Å². The minimum absolute atomic E-state index is 0.164. The summed E-state index contributed by atoms with van der Waals surface area (Å²) in [5.74, 6) is 0.568. The van der Waals surface area contributed by atoms with Crippen molar-refractivity contribution in [3.8, 4) is 0 Å². The Hall–Kier alpha value is -0.0900. The lowest BCUT2D eigenvalue weighted by atomic mass is 9.81. The molecule has 2 atom stereocenters. The van der Waals surface area contributed by atoms with E-state index in [1.807, 2.05) is 4.90 Å². The van der Waals surface area contributed by atoms with Crippen molar-refractivity contribution in [2.75, 3.05) is 25.0 Å². The first-order chi connectivity index (χ1) is 8.04. The van der Waals surface area contributed by atoms with Crippen LogP contribution in [0, 0.1) is 11.3 Å². The van der Waals surface area contributed by atoms with Crippen molar-refractivity contribution in [2.24, 2.45) is 11.3 Å². The third kappa shape index (κ3) is 2.84. The highest BCUT2D eigenvalue weighted by Crippen LogP contribution is 2.43. The maximum Gasteiger partial charge on any atom is 0.226 e. The third-order valence-corrected chi connectivity index (χ3v) is 4.90. The van der Waals surface area contributed by atoms with Crippen LogP contribution in [-0.4, -0.2) is 41.9 Å². The minimum atomic E-state index is 0.164. The van der Waals surface area contributed by atoms with Crippen LogP contribution in [0.5, 0.6) is 0 Å². The number of amides is 1. The summed E-state index contributed by atoms with van der Waals surface area (Å²) >= 11 is 3.43. The SMILES string of the molecule is CC1(C)CCCC1C(=O)N1CCOC(CBr)C1. The molecule has 0 aromatic carbocycles. The number of ether oxygens (including phenoxy) is 1. The molecule has 2 fully saturated rings. The van der Waals surface area contributed by atoms with Crippen LogP contribution in [0.1, 0.15) is 33.1 Å². The van der Waals surface area contributed by atoms with E-state index in [1.54, 1.807) is 0 Å². The first-order valence-corrected chi connectivity index (χ1v) is 7.63. The largest absolute Gasteiger partial charge is 0.374 e. The zero-order valence-electron chi connectivity index (χ0n) is 10.7. The van der Waals surface area contributed by atoms with Gasteiger partial charge in [0, 0.05) is 24.3 Å². The van der Waals surface area contributed by atoms with Crippen molar-refractivity contribution in [1.82, 2.24) is 4.90 Å². The summed E-state index contributed by atoms with van der Waals surface area (Å²) in [5.41, 5.74) is 0.180. The zero-order chi connectivity index (χ0) is 12.5. The minimum Gasteiger partial charge on any atom is -0.374 e. The molecule has 17 heavy (non-hydrogen) atoms. The number of rotatable bonds is 2. The Bertz CT molecular complexity index is 293. The van der Waals surface area contributed by atoms with Crippen molar-refractivity contribution in [3.05, 3.63) is 0 Å². The Balaban J connectivity index is 1.99. The van der Waals surface area contributed by atoms with Crippen molar-refractivity contribution in [3.63, 3.8) is 0 Å². The number of halogens is 1. The van der Waals surface area contributed by atoms with E-state index < -0.39 is 0 Å². The van der Waals surface area contributed by atoms with Crippen LogP contribution in [-0.2, 0) is 9.53 Å². The van der Waals surface area contributed by atoms with E-state index in [-0.39, 0.29) is 17.4 Å². The molecule has 1 amide bonds. The third-order valence-electron chi connectivity index (χ3n) is 4.18. The Morgan fingerprint density at radius 3 is 2.88 bits per heavy atom. The quantitative estimate of drug-likeness (QED) is 0.733. The number of carbonyl (C=O) groups excluding carboxylic acids is 1. The second-order valence-corrected chi connectivity index (χ2v) is 6.51. The molecule has 0 N–H and O–H groups in total. The molecule has 1 saturated carbocycles. The number of hydrogen-bond acceptors (Lipinski definition) is 2. The second kappa shape index (κ2) is 5.27. The first kappa shape index (κ1) is 13.3. The van der Waals surface area contributed by atoms with Crippen molar-refractivity contribution < 1.29 is 9.53 Å². The number of morpholine rings is 1. The van der Waals surface area contributed by atoms with Gasteiger partial charge in [-0.25, -0.2) is 0 Å². The second-order valence-electron chi connectivity index (χ2n) is 5.86. The summed E-state index contributed by atoms with van der Waals surface area (Å²) in [6.45, 7) is 6.64. The van der Waals surface area contributed by atoms with Gasteiger partial charge in [0.2, 0.25) is 5.91 Å². The van der Waals surface area contributed by atoms with Gasteiger partial charge in [-0.05, 0) is 18.3 Å². The predicted octanol–water partition coefficient (Wildman–Crippen LogP) is 2.44. The van der Waals surface area contributed by atoms with Gasteiger partial charge < -0.3 is 9.64 Å². The Morgan fingerprint density at radius 1 is 1.53 bits per heavy atom. The summed E-state index contributed by atoms with van der Waals surface area (Å²) in [6, 6.07) is 0. The van der Waals surface area contributed by atoms with Crippen molar-refractivity contribution in [2.45, 2.75) is 39.2 Å². The average Bonchev–Trinajstić information content (AvgIpc) is 2.68. The summed E-state index contributed by atoms with van der Waals surface area (Å²) < 4.78 is 5.58. The van der Waals surface area contributed by atoms with E-state index in [0.717, 1.165) is 24.8 Å². The van der Waals surface area contributed by atoms with Gasteiger partial charge in [0.05, 0.1) is 12.7 Å². The van der Waals surface area contributed by atoms with Crippen molar-refractivity contribution >= 4 is 21.8 Å². The average molecular weight is 304 g/mol. The number of carbonyl (C=O) groups is 1. The van der Waals surface area contributed by atoms with Crippen LogP contribution >= 0.6 is 15.9 Å². The summed E-state index contributed by atoms with van der Waals surface area (Å²) in [7, 11) is 0. The van der Waals surface area contributed by atoms with Crippen LogP contribution in [0.2, 0.25) is 0 Å². The summed E-state index contributed by atoms with van der Waals surface area (Å²) in [4.78, 5) is 14.5. The van der Waals surface area contributed by atoms with E-state index >= 15 is 0 Å². The standard InChI is InChI=1S/C13H22BrNO2/c1-13(2)5-3-4-11(13)12(16)15-6-7-17-10(8-14)9-15/h10-11H,3-9H2,1-2H3. The molecular formula is C13H22BrNO2. The molecule has 1 saturated heterocycles. The van der Waals surface area contributed by atoms with Gasteiger partial charge >= 0.3 is 0 Å². The van der Waals surface area contributed by atoms with E-state index in [9.17, 15) is 4.79 Å². The highest BCUT2D eigenvalue weighted by atomic mass is 79.9. The summed E-state index contributed by atoms with van der Waals surface area (Å²) in [5, 5.41) is 0.810. The maximum absolute atomic E-state index is 12.5. The predicted molar refractivity (Wildman–Crippen MR) is 71.2 cm³/mol. The fourth-order valence-corrected chi connectivity index (χ4v) is 3.41. The molecule has 0 aromatic heterocycles. The molecule has 1 aliphatic heterocycles. The molecule has 0 radical (unpaired) electrons. The lowest BCUT2D eigenvalue weighted by Crippen LogP contribution is -2.49. The van der Waals surface area contributed by atoms with E-state index in [1.165, 1.54) is 12.8 Å². The van der Waals surface area contributed by atoms with Gasteiger partial charge in [0.15, 0.2) is 0 Å². The smallest absolute Gasteiger partial charge is 0.226 e. The molecule has 0 spiro atoms. The van der Waals surface area contributed by atoms with Crippen LogP contribution < -0.4 is 0 Å². The monoisotopic (exact) mass is 303 g/mol. The van der Waals surface area contributed by atoms with Crippen LogP contribution in [0.25, 0.3) is 0 Å². The van der Waals surface area contributed by atoms with Crippen LogP contribution in [0.15, 0.2) is 0 Å². The lowest BCUT2D eigenvalue weighted by Gasteiger charge is -2.36.